The molecule has 0 aromatic heterocycles. The number of ether oxygens (including phenoxy) is 1. The summed E-state index contributed by atoms with van der Waals surface area (Å²) in [6.07, 6.45) is 0. The van der Waals surface area contributed by atoms with Gasteiger partial charge in [0.15, 0.2) is 11.7 Å². The zero-order chi connectivity index (χ0) is 16.8. The smallest absolute Gasteiger partial charge is 0.249 e. The number of ketones is 1. The van der Waals surface area contributed by atoms with Crippen LogP contribution in [0.2, 0.25) is 0 Å². The van der Waals surface area contributed by atoms with Gasteiger partial charge in [-0.3, -0.25) is 9.59 Å². The van der Waals surface area contributed by atoms with Gasteiger partial charge in [0.1, 0.15) is 5.75 Å². The predicted octanol–water partition coefficient (Wildman–Crippen LogP) is 2.96. The number of nitriles is 1. The fourth-order valence-electron chi connectivity index (χ4n) is 2.12. The van der Waals surface area contributed by atoms with E-state index in [4.69, 9.17) is 4.74 Å². The first kappa shape index (κ1) is 16.2. The summed E-state index contributed by atoms with van der Waals surface area (Å²) < 4.78 is 5.05. The Hall–Kier alpha value is -3.13. The van der Waals surface area contributed by atoms with Crippen LogP contribution in [0, 0.1) is 24.2 Å². The summed E-state index contributed by atoms with van der Waals surface area (Å²) in [6.45, 7) is 1.89. The standard InChI is InChI=1S/C18H16N2O3/c1-12-5-3-7-14(9-12)20-18(22)16(11-19)17(21)13-6-4-8-15(10-13)23-2/h3-10,16H,1-2H3,(H,20,22). The van der Waals surface area contributed by atoms with Crippen LogP contribution in [0.1, 0.15) is 15.9 Å². The van der Waals surface area contributed by atoms with Crippen LogP contribution >= 0.6 is 0 Å². The summed E-state index contributed by atoms with van der Waals surface area (Å²) in [5.41, 5.74) is 1.78. The molecule has 5 nitrogen and oxygen atoms in total. The molecule has 0 heterocycles. The highest BCUT2D eigenvalue weighted by Gasteiger charge is 2.27. The summed E-state index contributed by atoms with van der Waals surface area (Å²) in [4.78, 5) is 24.6. The lowest BCUT2D eigenvalue weighted by Crippen LogP contribution is -2.28. The number of hydrogen-bond acceptors (Lipinski definition) is 4. The zero-order valence-electron chi connectivity index (χ0n) is 12.9. The first-order valence-electron chi connectivity index (χ1n) is 7.00. The van der Waals surface area contributed by atoms with Crippen LogP contribution in [0.4, 0.5) is 5.69 Å². The number of nitrogens with zero attached hydrogens (tertiary/aromatic N) is 1. The highest BCUT2D eigenvalue weighted by atomic mass is 16.5. The minimum Gasteiger partial charge on any atom is -0.497 e. The molecule has 0 saturated heterocycles. The van der Waals surface area contributed by atoms with Gasteiger partial charge in [0.2, 0.25) is 5.91 Å². The van der Waals surface area contributed by atoms with Gasteiger partial charge >= 0.3 is 0 Å². The monoisotopic (exact) mass is 308 g/mol. The minimum absolute atomic E-state index is 0.260. The Bertz CT molecular complexity index is 778. The number of carbonyl (C=O) groups is 2. The Kier molecular flexibility index (Phi) is 5.11. The van der Waals surface area contributed by atoms with E-state index in [1.54, 1.807) is 42.5 Å². The van der Waals surface area contributed by atoms with Crippen LogP contribution in [-0.2, 0) is 4.79 Å². The number of methoxy groups -OCH3 is 1. The number of Topliss-reactive ketones (excluding diaryl/α,β-unsaturated/α-hetero) is 1. The number of carbonyl (C=O) groups excluding carboxylic acids is 2. The molecule has 0 bridgehead atoms. The Morgan fingerprint density at radius 3 is 2.57 bits per heavy atom. The van der Waals surface area contributed by atoms with Crippen LogP contribution in [0.5, 0.6) is 5.75 Å². The van der Waals surface area contributed by atoms with Gasteiger partial charge < -0.3 is 10.1 Å². The molecule has 1 N–H and O–H groups in total. The number of benzene rings is 2. The lowest BCUT2D eigenvalue weighted by atomic mass is 9.97. The quantitative estimate of drug-likeness (QED) is 0.680. The molecule has 0 spiro atoms. The van der Waals surface area contributed by atoms with E-state index in [0.29, 0.717) is 11.4 Å². The fourth-order valence-corrected chi connectivity index (χ4v) is 2.12. The Labute approximate surface area is 134 Å². The zero-order valence-corrected chi connectivity index (χ0v) is 12.9. The van der Waals surface area contributed by atoms with Gasteiger partial charge in [0, 0.05) is 11.3 Å². The highest BCUT2D eigenvalue weighted by molar-refractivity contribution is 6.15. The normalized spacial score (nSPS) is 11.2. The van der Waals surface area contributed by atoms with Crippen molar-refractivity contribution in [3.63, 3.8) is 0 Å². The van der Waals surface area contributed by atoms with Crippen molar-refractivity contribution < 1.29 is 14.3 Å². The van der Waals surface area contributed by atoms with Gasteiger partial charge in [-0.15, -0.1) is 0 Å². The van der Waals surface area contributed by atoms with E-state index in [1.165, 1.54) is 13.2 Å². The lowest BCUT2D eigenvalue weighted by Gasteiger charge is -2.11. The molecule has 0 radical (unpaired) electrons. The molecule has 116 valence electrons. The van der Waals surface area contributed by atoms with Crippen LogP contribution in [0.15, 0.2) is 48.5 Å². The number of rotatable bonds is 5. The van der Waals surface area contributed by atoms with E-state index in [-0.39, 0.29) is 5.56 Å². The van der Waals surface area contributed by atoms with Gasteiger partial charge in [0.05, 0.1) is 13.2 Å². The van der Waals surface area contributed by atoms with Crippen molar-refractivity contribution >= 4 is 17.4 Å². The number of anilines is 1. The number of aryl methyl sites for hydroxylation is 1. The number of hydrogen-bond donors (Lipinski definition) is 1. The van der Waals surface area contributed by atoms with Crippen molar-refractivity contribution in [3.8, 4) is 11.8 Å². The van der Waals surface area contributed by atoms with Crippen LogP contribution in [-0.4, -0.2) is 18.8 Å². The molecule has 0 aliphatic rings. The average Bonchev–Trinajstić information content (AvgIpc) is 2.55. The second-order valence-electron chi connectivity index (χ2n) is 5.02. The van der Waals surface area contributed by atoms with E-state index in [1.807, 2.05) is 13.0 Å². The van der Waals surface area contributed by atoms with E-state index in [9.17, 15) is 14.9 Å². The van der Waals surface area contributed by atoms with Crippen LogP contribution in [0.25, 0.3) is 0 Å². The predicted molar refractivity (Wildman–Crippen MR) is 86.2 cm³/mol. The third-order valence-corrected chi connectivity index (χ3v) is 3.29. The second kappa shape index (κ2) is 7.23. The third kappa shape index (κ3) is 3.95. The van der Waals surface area contributed by atoms with Crippen LogP contribution < -0.4 is 10.1 Å². The summed E-state index contributed by atoms with van der Waals surface area (Å²) >= 11 is 0. The Morgan fingerprint density at radius 1 is 1.17 bits per heavy atom. The summed E-state index contributed by atoms with van der Waals surface area (Å²) in [5, 5.41) is 11.8. The maximum absolute atomic E-state index is 12.4. The molecule has 0 saturated carbocycles. The molecule has 2 aromatic carbocycles. The summed E-state index contributed by atoms with van der Waals surface area (Å²) in [5.74, 6) is -2.13. The van der Waals surface area contributed by atoms with Gasteiger partial charge in [-0.2, -0.15) is 5.26 Å². The van der Waals surface area contributed by atoms with Crippen molar-refractivity contribution in [3.05, 3.63) is 59.7 Å². The van der Waals surface area contributed by atoms with E-state index in [0.717, 1.165) is 5.56 Å². The maximum Gasteiger partial charge on any atom is 0.249 e. The largest absolute Gasteiger partial charge is 0.497 e. The lowest BCUT2D eigenvalue weighted by molar-refractivity contribution is -0.117. The molecular weight excluding hydrogens is 292 g/mol. The Balaban J connectivity index is 2.19. The molecular formula is C18H16N2O3. The molecule has 1 amide bonds. The first-order valence-corrected chi connectivity index (χ1v) is 7.00. The fraction of sp³-hybridized carbons (Fsp3) is 0.167. The molecule has 0 aliphatic heterocycles. The molecule has 5 heteroatoms. The Morgan fingerprint density at radius 2 is 1.91 bits per heavy atom. The molecule has 2 aromatic rings. The first-order chi connectivity index (χ1) is 11.0. The summed E-state index contributed by atoms with van der Waals surface area (Å²) in [7, 11) is 1.48. The molecule has 23 heavy (non-hydrogen) atoms. The maximum atomic E-state index is 12.4. The van der Waals surface area contributed by atoms with Gasteiger partial charge in [-0.05, 0) is 36.8 Å². The van der Waals surface area contributed by atoms with Crippen molar-refractivity contribution in [2.45, 2.75) is 6.92 Å². The molecule has 1 atom stereocenters. The van der Waals surface area contributed by atoms with Crippen molar-refractivity contribution in [2.75, 3.05) is 12.4 Å². The number of amides is 1. The van der Waals surface area contributed by atoms with Crippen molar-refractivity contribution in [1.29, 1.82) is 5.26 Å². The van der Waals surface area contributed by atoms with Crippen molar-refractivity contribution in [1.82, 2.24) is 0 Å². The van der Waals surface area contributed by atoms with Gasteiger partial charge in [-0.25, -0.2) is 0 Å². The molecule has 0 fully saturated rings. The highest BCUT2D eigenvalue weighted by Crippen LogP contribution is 2.18. The molecule has 2 rings (SSSR count). The van der Waals surface area contributed by atoms with Crippen LogP contribution in [0.3, 0.4) is 0 Å². The SMILES string of the molecule is COc1cccc(C(=O)C(C#N)C(=O)Nc2cccc(C)c2)c1. The number of nitrogens with one attached hydrogen (secondary N) is 1. The van der Waals surface area contributed by atoms with E-state index < -0.39 is 17.6 Å². The molecule has 1 unspecified atom stereocenters. The third-order valence-electron chi connectivity index (χ3n) is 3.29. The second-order valence-corrected chi connectivity index (χ2v) is 5.02. The van der Waals surface area contributed by atoms with E-state index >= 15 is 0 Å². The van der Waals surface area contributed by atoms with Gasteiger partial charge in [-0.1, -0.05) is 24.3 Å². The average molecular weight is 308 g/mol. The van der Waals surface area contributed by atoms with Gasteiger partial charge in [0.25, 0.3) is 0 Å². The molecule has 0 aliphatic carbocycles. The summed E-state index contributed by atoms with van der Waals surface area (Å²) in [6, 6.07) is 15.3. The van der Waals surface area contributed by atoms with Crippen molar-refractivity contribution in [2.24, 2.45) is 5.92 Å². The minimum atomic E-state index is -1.41. The van der Waals surface area contributed by atoms with E-state index in [2.05, 4.69) is 5.32 Å². The topological polar surface area (TPSA) is 79.2 Å².